The summed E-state index contributed by atoms with van der Waals surface area (Å²) < 4.78 is 28.1. The van der Waals surface area contributed by atoms with Crippen molar-refractivity contribution in [2.24, 2.45) is 5.92 Å². The molecule has 1 aromatic rings. The van der Waals surface area contributed by atoms with Crippen LogP contribution in [0.1, 0.15) is 19.4 Å². The first-order chi connectivity index (χ1) is 7.77. The normalized spacial score (nSPS) is 15.8. The van der Waals surface area contributed by atoms with Gasteiger partial charge in [-0.1, -0.05) is 22.9 Å². The highest BCUT2D eigenvalue weighted by Gasteiger charge is 2.22. The van der Waals surface area contributed by atoms with Crippen molar-refractivity contribution in [3.05, 3.63) is 15.4 Å². The summed E-state index contributed by atoms with van der Waals surface area (Å²) in [6, 6.07) is 1.59. The Morgan fingerprint density at radius 2 is 2.06 bits per heavy atom. The van der Waals surface area contributed by atoms with Gasteiger partial charge in [-0.05, 0) is 47.3 Å². The van der Waals surface area contributed by atoms with E-state index in [4.69, 9.17) is 0 Å². The van der Waals surface area contributed by atoms with Crippen LogP contribution in [0.5, 0.6) is 0 Å². The molecular formula is C10H15Br2NO2S2. The van der Waals surface area contributed by atoms with Crippen molar-refractivity contribution in [1.29, 1.82) is 0 Å². The third kappa shape index (κ3) is 4.02. The summed E-state index contributed by atoms with van der Waals surface area (Å²) in [6.07, 6.45) is 0. The first-order valence-corrected chi connectivity index (χ1v) is 9.33. The molecular weight excluding hydrogens is 390 g/mol. The molecule has 98 valence electrons. The van der Waals surface area contributed by atoms with E-state index in [1.54, 1.807) is 6.07 Å². The standard InChI is InChI=1S/C10H15Br2NO2S2/c1-6-4-9(16-10(6)12)17(14,15)13-8(3)7(2)5-11/h4,7-8,13H,5H2,1-3H3. The van der Waals surface area contributed by atoms with E-state index in [-0.39, 0.29) is 12.0 Å². The molecule has 0 aliphatic rings. The fraction of sp³-hybridized carbons (Fsp3) is 0.600. The molecule has 1 aromatic heterocycles. The Hall–Kier alpha value is 0.570. The van der Waals surface area contributed by atoms with Gasteiger partial charge >= 0.3 is 0 Å². The molecule has 3 nitrogen and oxygen atoms in total. The molecule has 0 radical (unpaired) electrons. The van der Waals surface area contributed by atoms with E-state index in [9.17, 15) is 8.42 Å². The van der Waals surface area contributed by atoms with Gasteiger partial charge < -0.3 is 0 Å². The van der Waals surface area contributed by atoms with Crippen molar-refractivity contribution in [2.75, 3.05) is 5.33 Å². The van der Waals surface area contributed by atoms with E-state index < -0.39 is 10.0 Å². The maximum atomic E-state index is 12.1. The second-order valence-electron chi connectivity index (χ2n) is 4.06. The molecule has 2 atom stereocenters. The van der Waals surface area contributed by atoms with Crippen LogP contribution < -0.4 is 4.72 Å². The van der Waals surface area contributed by atoms with Crippen molar-refractivity contribution in [3.63, 3.8) is 0 Å². The number of aryl methyl sites for hydroxylation is 1. The molecule has 1 heterocycles. The number of sulfonamides is 1. The Balaban J connectivity index is 2.89. The van der Waals surface area contributed by atoms with Crippen LogP contribution in [0.25, 0.3) is 0 Å². The minimum absolute atomic E-state index is 0.0967. The lowest BCUT2D eigenvalue weighted by atomic mass is 10.1. The second-order valence-corrected chi connectivity index (χ2v) is 9.02. The van der Waals surface area contributed by atoms with Crippen molar-refractivity contribution in [2.45, 2.75) is 31.0 Å². The van der Waals surface area contributed by atoms with Crippen LogP contribution in [0, 0.1) is 12.8 Å². The van der Waals surface area contributed by atoms with Gasteiger partial charge in [-0.2, -0.15) is 0 Å². The van der Waals surface area contributed by atoms with Crippen molar-refractivity contribution in [1.82, 2.24) is 4.72 Å². The van der Waals surface area contributed by atoms with Crippen LogP contribution in [0.3, 0.4) is 0 Å². The summed E-state index contributed by atoms with van der Waals surface area (Å²) in [4.78, 5) is 0. The maximum absolute atomic E-state index is 12.1. The smallest absolute Gasteiger partial charge is 0.207 e. The van der Waals surface area contributed by atoms with Gasteiger partial charge in [0, 0.05) is 11.4 Å². The van der Waals surface area contributed by atoms with E-state index in [0.717, 1.165) is 14.7 Å². The fourth-order valence-electron chi connectivity index (χ4n) is 1.12. The average molecular weight is 405 g/mol. The number of halogens is 2. The topological polar surface area (TPSA) is 46.2 Å². The highest BCUT2D eigenvalue weighted by atomic mass is 79.9. The third-order valence-electron chi connectivity index (χ3n) is 2.54. The van der Waals surface area contributed by atoms with E-state index in [0.29, 0.717) is 4.21 Å². The Kier molecular flexibility index (Phi) is 5.65. The summed E-state index contributed by atoms with van der Waals surface area (Å²) in [7, 11) is -3.40. The molecule has 1 N–H and O–H groups in total. The Morgan fingerprint density at radius 1 is 1.47 bits per heavy atom. The van der Waals surface area contributed by atoms with E-state index in [2.05, 4.69) is 36.6 Å². The predicted octanol–water partition coefficient (Wildman–Crippen LogP) is 3.52. The highest BCUT2D eigenvalue weighted by molar-refractivity contribution is 9.11. The van der Waals surface area contributed by atoms with Crippen molar-refractivity contribution < 1.29 is 8.42 Å². The number of thiophene rings is 1. The van der Waals surface area contributed by atoms with Crippen LogP contribution in [0.2, 0.25) is 0 Å². The van der Waals surface area contributed by atoms with Gasteiger partial charge in [-0.15, -0.1) is 11.3 Å². The first kappa shape index (κ1) is 15.6. The van der Waals surface area contributed by atoms with Gasteiger partial charge in [0.05, 0.1) is 3.79 Å². The van der Waals surface area contributed by atoms with Crippen LogP contribution >= 0.6 is 43.2 Å². The van der Waals surface area contributed by atoms with Crippen molar-refractivity contribution in [3.8, 4) is 0 Å². The van der Waals surface area contributed by atoms with Gasteiger partial charge in [0.1, 0.15) is 4.21 Å². The summed E-state index contributed by atoms with van der Waals surface area (Å²) in [5, 5.41) is 0.768. The number of nitrogens with one attached hydrogen (secondary N) is 1. The molecule has 17 heavy (non-hydrogen) atoms. The number of rotatable bonds is 5. The molecule has 0 spiro atoms. The number of hydrogen-bond acceptors (Lipinski definition) is 3. The lowest BCUT2D eigenvalue weighted by Crippen LogP contribution is -2.37. The van der Waals surface area contributed by atoms with Crippen molar-refractivity contribution >= 4 is 53.2 Å². The summed E-state index contributed by atoms with van der Waals surface area (Å²) in [6.45, 7) is 5.75. The Morgan fingerprint density at radius 3 is 2.47 bits per heavy atom. The fourth-order valence-corrected chi connectivity index (χ4v) is 5.27. The lowest BCUT2D eigenvalue weighted by molar-refractivity contribution is 0.485. The zero-order valence-electron chi connectivity index (χ0n) is 9.83. The van der Waals surface area contributed by atoms with E-state index in [1.807, 2.05) is 20.8 Å². The second kappa shape index (κ2) is 6.14. The zero-order chi connectivity index (χ0) is 13.2. The molecule has 2 unspecified atom stereocenters. The summed E-state index contributed by atoms with van der Waals surface area (Å²) in [5.74, 6) is 0.245. The van der Waals surface area contributed by atoms with Gasteiger partial charge in [0.25, 0.3) is 0 Å². The molecule has 0 saturated carbocycles. The SMILES string of the molecule is Cc1cc(S(=O)(=O)NC(C)C(C)CBr)sc1Br. The largest absolute Gasteiger partial charge is 0.250 e. The van der Waals surface area contributed by atoms with Crippen LogP contribution in [-0.4, -0.2) is 19.8 Å². The van der Waals surface area contributed by atoms with Gasteiger partial charge in [0.2, 0.25) is 10.0 Å². The monoisotopic (exact) mass is 403 g/mol. The molecule has 0 aliphatic heterocycles. The molecule has 0 aromatic carbocycles. The van der Waals surface area contributed by atoms with Crippen LogP contribution in [0.4, 0.5) is 0 Å². The average Bonchev–Trinajstić information content (AvgIpc) is 2.58. The minimum Gasteiger partial charge on any atom is -0.207 e. The number of alkyl halides is 1. The molecule has 1 rings (SSSR count). The van der Waals surface area contributed by atoms with Gasteiger partial charge in [0.15, 0.2) is 0 Å². The highest BCUT2D eigenvalue weighted by Crippen LogP contribution is 2.30. The third-order valence-corrected chi connectivity index (χ3v) is 7.73. The minimum atomic E-state index is -3.40. The molecule has 0 bridgehead atoms. The lowest BCUT2D eigenvalue weighted by Gasteiger charge is -2.18. The molecule has 7 heteroatoms. The molecule has 0 fully saturated rings. The molecule has 0 amide bonds. The summed E-state index contributed by atoms with van der Waals surface area (Å²) in [5.41, 5.74) is 0.941. The Labute approximate surface area is 123 Å². The maximum Gasteiger partial charge on any atom is 0.250 e. The number of hydrogen-bond donors (Lipinski definition) is 1. The zero-order valence-corrected chi connectivity index (χ0v) is 14.6. The quantitative estimate of drug-likeness (QED) is 0.763. The summed E-state index contributed by atoms with van der Waals surface area (Å²) >= 11 is 7.93. The molecule has 0 aliphatic carbocycles. The predicted molar refractivity (Wildman–Crippen MR) is 79.5 cm³/mol. The van der Waals surface area contributed by atoms with E-state index >= 15 is 0 Å². The molecule has 0 saturated heterocycles. The van der Waals surface area contributed by atoms with Gasteiger partial charge in [-0.3, -0.25) is 0 Å². The Bertz CT molecular complexity index is 465. The van der Waals surface area contributed by atoms with Crippen LogP contribution in [-0.2, 0) is 10.0 Å². The first-order valence-electron chi connectivity index (χ1n) is 5.12. The van der Waals surface area contributed by atoms with Gasteiger partial charge in [-0.25, -0.2) is 13.1 Å². The van der Waals surface area contributed by atoms with Crippen LogP contribution in [0.15, 0.2) is 14.1 Å². The van der Waals surface area contributed by atoms with E-state index in [1.165, 1.54) is 11.3 Å².